The second-order valence-corrected chi connectivity index (χ2v) is 6.12. The topological polar surface area (TPSA) is 106 Å². The van der Waals surface area contributed by atoms with Gasteiger partial charge in [-0.1, -0.05) is 0 Å². The summed E-state index contributed by atoms with van der Waals surface area (Å²) in [5, 5.41) is 16.9. The zero-order chi connectivity index (χ0) is 17.9. The Hall–Kier alpha value is -2.82. The smallest absolute Gasteiger partial charge is 0.388 e. The lowest BCUT2D eigenvalue weighted by atomic mass is 10.00. The number of hydrogen-bond donors (Lipinski definition) is 3. The highest BCUT2D eigenvalue weighted by molar-refractivity contribution is 5.71. The van der Waals surface area contributed by atoms with E-state index < -0.39 is 6.61 Å². The van der Waals surface area contributed by atoms with Crippen molar-refractivity contribution in [1.82, 2.24) is 35.3 Å². The number of aromatic amines is 1. The van der Waals surface area contributed by atoms with Crippen LogP contribution < -0.4 is 15.4 Å². The average Bonchev–Trinajstić information content (AvgIpc) is 3.22. The molecule has 11 heteroatoms. The van der Waals surface area contributed by atoms with E-state index in [1.807, 2.05) is 4.68 Å². The third kappa shape index (κ3) is 3.72. The van der Waals surface area contributed by atoms with Gasteiger partial charge >= 0.3 is 6.61 Å². The number of fused-ring (bicyclic) bond motifs is 1. The number of H-pyrrole nitrogens is 1. The molecule has 3 aromatic heterocycles. The van der Waals surface area contributed by atoms with Gasteiger partial charge in [-0.05, 0) is 31.8 Å². The zero-order valence-electron chi connectivity index (χ0n) is 13.8. The lowest BCUT2D eigenvalue weighted by Crippen LogP contribution is -2.32. The van der Waals surface area contributed by atoms with Gasteiger partial charge < -0.3 is 15.4 Å². The predicted molar refractivity (Wildman–Crippen MR) is 89.4 cm³/mol. The summed E-state index contributed by atoms with van der Waals surface area (Å²) in [4.78, 5) is 8.86. The predicted octanol–water partition coefficient (Wildman–Crippen LogP) is 1.89. The van der Waals surface area contributed by atoms with Gasteiger partial charge in [-0.3, -0.25) is 0 Å². The molecule has 9 nitrogen and oxygen atoms in total. The van der Waals surface area contributed by atoms with Crippen LogP contribution in [0.2, 0.25) is 0 Å². The van der Waals surface area contributed by atoms with E-state index in [-0.39, 0.29) is 5.88 Å². The van der Waals surface area contributed by atoms with Gasteiger partial charge in [-0.15, -0.1) is 0 Å². The number of hydrogen-bond acceptors (Lipinski definition) is 7. The summed E-state index contributed by atoms with van der Waals surface area (Å²) in [6, 6.07) is 1.32. The first-order valence-electron chi connectivity index (χ1n) is 8.34. The Bertz CT molecular complexity index is 874. The molecular formula is C15H18F2N8O. The molecule has 0 unspecified atom stereocenters. The average molecular weight is 364 g/mol. The zero-order valence-corrected chi connectivity index (χ0v) is 13.8. The van der Waals surface area contributed by atoms with Crippen LogP contribution in [0, 0.1) is 5.92 Å². The normalized spacial score (nSPS) is 17.7. The Morgan fingerprint density at radius 1 is 1.35 bits per heavy atom. The van der Waals surface area contributed by atoms with Gasteiger partial charge in [0.1, 0.15) is 5.52 Å². The van der Waals surface area contributed by atoms with Gasteiger partial charge in [0.05, 0.1) is 12.4 Å². The SMILES string of the molecule is FC(F)Oc1cc(Nc2cnc3cnn(C[C@H]4CCCNC4)c3n2)n[nH]1. The quantitative estimate of drug-likeness (QED) is 0.613. The number of aromatic nitrogens is 6. The molecule has 0 spiro atoms. The minimum atomic E-state index is -2.91. The highest BCUT2D eigenvalue weighted by Gasteiger charge is 2.16. The van der Waals surface area contributed by atoms with Crippen molar-refractivity contribution in [3.63, 3.8) is 0 Å². The molecule has 3 aromatic rings. The molecule has 1 aliphatic rings. The molecule has 0 aliphatic carbocycles. The Morgan fingerprint density at radius 3 is 3.08 bits per heavy atom. The first-order valence-corrected chi connectivity index (χ1v) is 8.34. The van der Waals surface area contributed by atoms with Crippen molar-refractivity contribution in [2.24, 2.45) is 5.92 Å². The minimum absolute atomic E-state index is 0.133. The highest BCUT2D eigenvalue weighted by atomic mass is 19.3. The monoisotopic (exact) mass is 364 g/mol. The second kappa shape index (κ2) is 7.20. The van der Waals surface area contributed by atoms with Gasteiger partial charge in [-0.2, -0.15) is 19.0 Å². The Labute approximate surface area is 147 Å². The fourth-order valence-corrected chi connectivity index (χ4v) is 3.02. The van der Waals surface area contributed by atoms with E-state index >= 15 is 0 Å². The third-order valence-corrected chi connectivity index (χ3v) is 4.20. The van der Waals surface area contributed by atoms with Crippen LogP contribution in [0.4, 0.5) is 20.4 Å². The molecule has 0 radical (unpaired) electrons. The van der Waals surface area contributed by atoms with E-state index in [1.54, 1.807) is 12.4 Å². The largest absolute Gasteiger partial charge is 0.417 e. The maximum atomic E-state index is 12.2. The van der Waals surface area contributed by atoms with Crippen LogP contribution in [-0.4, -0.2) is 49.6 Å². The number of ether oxygens (including phenoxy) is 1. The van der Waals surface area contributed by atoms with Gasteiger partial charge in [0.25, 0.3) is 0 Å². The summed E-state index contributed by atoms with van der Waals surface area (Å²) >= 11 is 0. The van der Waals surface area contributed by atoms with E-state index in [0.717, 1.165) is 32.5 Å². The molecule has 1 saturated heterocycles. The first kappa shape index (κ1) is 16.6. The van der Waals surface area contributed by atoms with Crippen LogP contribution in [0.25, 0.3) is 11.2 Å². The number of nitrogens with one attached hydrogen (secondary N) is 3. The number of alkyl halides is 2. The van der Waals surface area contributed by atoms with Gasteiger partial charge in [0, 0.05) is 12.6 Å². The van der Waals surface area contributed by atoms with Crippen LogP contribution in [0.3, 0.4) is 0 Å². The van der Waals surface area contributed by atoms with E-state index in [0.29, 0.717) is 28.7 Å². The molecule has 138 valence electrons. The van der Waals surface area contributed by atoms with E-state index in [9.17, 15) is 8.78 Å². The van der Waals surface area contributed by atoms with Crippen molar-refractivity contribution in [2.45, 2.75) is 26.0 Å². The maximum absolute atomic E-state index is 12.2. The number of nitrogens with zero attached hydrogens (tertiary/aromatic N) is 5. The summed E-state index contributed by atoms with van der Waals surface area (Å²) < 4.78 is 30.5. The standard InChI is InChI=1S/C15H18F2N8O/c16-15(17)26-13-4-11(23-24-13)21-12-7-19-10-6-20-25(14(10)22-12)8-9-2-1-3-18-5-9/h4,6-7,9,15,18H,1-3,5,8H2,(H2,21,22,23,24)/t9-/m0/s1. The molecule has 1 fully saturated rings. The molecule has 26 heavy (non-hydrogen) atoms. The summed E-state index contributed by atoms with van der Waals surface area (Å²) in [5.41, 5.74) is 1.36. The lowest BCUT2D eigenvalue weighted by molar-refractivity contribution is -0.0528. The van der Waals surface area contributed by atoms with Crippen molar-refractivity contribution in [1.29, 1.82) is 0 Å². The number of rotatable bonds is 6. The molecule has 0 aromatic carbocycles. The molecule has 3 N–H and O–H groups in total. The van der Waals surface area contributed by atoms with E-state index in [2.05, 4.69) is 40.6 Å². The summed E-state index contributed by atoms with van der Waals surface area (Å²) in [7, 11) is 0. The van der Waals surface area contributed by atoms with Gasteiger partial charge in [0.2, 0.25) is 5.88 Å². The number of piperidine rings is 1. The number of anilines is 2. The van der Waals surface area contributed by atoms with Gasteiger partial charge in [-0.25, -0.2) is 19.7 Å². The summed E-state index contributed by atoms with van der Waals surface area (Å²) in [6.45, 7) is -0.121. The van der Waals surface area contributed by atoms with Gasteiger partial charge in [0.15, 0.2) is 17.3 Å². The van der Waals surface area contributed by atoms with Crippen molar-refractivity contribution in [2.75, 3.05) is 18.4 Å². The van der Waals surface area contributed by atoms with Crippen molar-refractivity contribution in [3.8, 4) is 5.88 Å². The summed E-state index contributed by atoms with van der Waals surface area (Å²) in [5.74, 6) is 1.12. The van der Waals surface area contributed by atoms with Crippen molar-refractivity contribution < 1.29 is 13.5 Å². The van der Waals surface area contributed by atoms with Crippen LogP contribution in [0.1, 0.15) is 12.8 Å². The van der Waals surface area contributed by atoms with Crippen LogP contribution in [0.15, 0.2) is 18.5 Å². The third-order valence-electron chi connectivity index (χ3n) is 4.20. The maximum Gasteiger partial charge on any atom is 0.388 e. The minimum Gasteiger partial charge on any atom is -0.417 e. The molecule has 0 saturated carbocycles. The second-order valence-electron chi connectivity index (χ2n) is 6.12. The molecule has 4 rings (SSSR count). The molecule has 1 atom stereocenters. The molecular weight excluding hydrogens is 346 g/mol. The van der Waals surface area contributed by atoms with E-state index in [4.69, 9.17) is 0 Å². The van der Waals surface area contributed by atoms with E-state index in [1.165, 1.54) is 6.07 Å². The molecule has 4 heterocycles. The Kier molecular flexibility index (Phi) is 4.61. The van der Waals surface area contributed by atoms with Crippen molar-refractivity contribution >= 4 is 22.8 Å². The fourth-order valence-electron chi connectivity index (χ4n) is 3.02. The Morgan fingerprint density at radius 2 is 2.27 bits per heavy atom. The Balaban J connectivity index is 1.51. The van der Waals surface area contributed by atoms with Crippen molar-refractivity contribution in [3.05, 3.63) is 18.5 Å². The molecule has 0 bridgehead atoms. The highest BCUT2D eigenvalue weighted by Crippen LogP contribution is 2.20. The number of halogens is 2. The fraction of sp³-hybridized carbons (Fsp3) is 0.467. The summed E-state index contributed by atoms with van der Waals surface area (Å²) in [6.07, 6.45) is 5.54. The van der Waals surface area contributed by atoms with Crippen LogP contribution >= 0.6 is 0 Å². The lowest BCUT2D eigenvalue weighted by Gasteiger charge is -2.22. The first-order chi connectivity index (χ1) is 12.7. The van der Waals surface area contributed by atoms with Crippen LogP contribution in [-0.2, 0) is 6.54 Å². The molecule has 0 amide bonds. The van der Waals surface area contributed by atoms with Crippen LogP contribution in [0.5, 0.6) is 5.88 Å². The molecule has 1 aliphatic heterocycles.